The van der Waals surface area contributed by atoms with Crippen LogP contribution in [0.15, 0.2) is 48.5 Å². The Morgan fingerprint density at radius 2 is 1.89 bits per heavy atom. The molecule has 186 valence electrons. The zero-order valence-corrected chi connectivity index (χ0v) is 19.9. The third-order valence-electron chi connectivity index (χ3n) is 6.20. The molecule has 4 rings (SSSR count). The van der Waals surface area contributed by atoms with Crippen LogP contribution in [0.1, 0.15) is 17.0 Å². The molecule has 0 bridgehead atoms. The van der Waals surface area contributed by atoms with Gasteiger partial charge in [-0.05, 0) is 36.8 Å². The highest BCUT2D eigenvalue weighted by Gasteiger charge is 2.35. The molecule has 1 aliphatic heterocycles. The molecule has 2 unspecified atom stereocenters. The third-order valence-corrected chi connectivity index (χ3v) is 6.20. The minimum absolute atomic E-state index is 0.220. The molecule has 0 radical (unpaired) electrons. The summed E-state index contributed by atoms with van der Waals surface area (Å²) in [7, 11) is 3.15. The minimum Gasteiger partial charge on any atom is -0.480 e. The number of benzene rings is 2. The lowest BCUT2D eigenvalue weighted by Gasteiger charge is -2.21. The second kappa shape index (κ2) is 10.8. The van der Waals surface area contributed by atoms with Crippen LogP contribution in [0.2, 0.25) is 0 Å². The normalized spacial score (nSPS) is 18.0. The number of aromatic nitrogens is 2. The largest absolute Gasteiger partial charge is 0.480 e. The van der Waals surface area contributed by atoms with Crippen LogP contribution in [0.25, 0.3) is 5.69 Å². The van der Waals surface area contributed by atoms with Gasteiger partial charge >= 0.3 is 6.03 Å². The molecule has 1 saturated heterocycles. The van der Waals surface area contributed by atoms with Crippen LogP contribution in [-0.2, 0) is 4.74 Å². The van der Waals surface area contributed by atoms with Gasteiger partial charge in [-0.15, -0.1) is 5.10 Å². The van der Waals surface area contributed by atoms with E-state index in [9.17, 15) is 13.6 Å². The molecule has 2 amide bonds. The highest BCUT2D eigenvalue weighted by atomic mass is 19.2. The van der Waals surface area contributed by atoms with E-state index in [1.165, 1.54) is 13.2 Å². The number of halogens is 2. The number of carbonyl (C=O) groups is 1. The van der Waals surface area contributed by atoms with Gasteiger partial charge in [0, 0.05) is 32.7 Å². The van der Waals surface area contributed by atoms with Crippen molar-refractivity contribution in [2.45, 2.75) is 18.9 Å². The molecule has 8 nitrogen and oxygen atoms in total. The Hall–Kier alpha value is -3.50. The summed E-state index contributed by atoms with van der Waals surface area (Å²) in [5.74, 6) is -1.15. The monoisotopic (exact) mass is 485 g/mol. The molecule has 1 aromatic heterocycles. The molecule has 1 fully saturated rings. The van der Waals surface area contributed by atoms with Crippen LogP contribution in [0, 0.1) is 18.6 Å². The maximum Gasteiger partial charge on any atom is 0.320 e. The van der Waals surface area contributed by atoms with Crippen molar-refractivity contribution in [3.05, 3.63) is 71.3 Å². The zero-order chi connectivity index (χ0) is 24.9. The first-order valence-electron chi connectivity index (χ1n) is 11.3. The van der Waals surface area contributed by atoms with Gasteiger partial charge < -0.3 is 14.8 Å². The van der Waals surface area contributed by atoms with E-state index in [4.69, 9.17) is 9.47 Å². The molecule has 2 N–H and O–H groups in total. The van der Waals surface area contributed by atoms with Gasteiger partial charge in [-0.25, -0.2) is 18.3 Å². The molecular formula is C25H29F2N5O3. The predicted molar refractivity (Wildman–Crippen MR) is 128 cm³/mol. The lowest BCUT2D eigenvalue weighted by Crippen LogP contribution is -2.42. The third kappa shape index (κ3) is 5.44. The van der Waals surface area contributed by atoms with Crippen molar-refractivity contribution in [2.24, 2.45) is 0 Å². The quantitative estimate of drug-likeness (QED) is 0.509. The molecule has 3 aromatic rings. The average molecular weight is 486 g/mol. The summed E-state index contributed by atoms with van der Waals surface area (Å²) in [6, 6.07) is 12.5. The number of para-hydroxylation sites is 1. The number of nitrogens with one attached hydrogen (secondary N) is 2. The summed E-state index contributed by atoms with van der Waals surface area (Å²) >= 11 is 0. The predicted octanol–water partition coefficient (Wildman–Crippen LogP) is 3.70. The summed E-state index contributed by atoms with van der Waals surface area (Å²) in [6.07, 6.45) is 0. The molecule has 0 aliphatic carbocycles. The SMILES string of the molecule is COCCN1CC(NC(=O)Nc2c(C)c(OC)nn2-c2ccccc2)C(c2ccc(F)c(F)c2)C1. The molecule has 0 spiro atoms. The van der Waals surface area contributed by atoms with E-state index in [0.717, 1.165) is 11.8 Å². The Balaban J connectivity index is 1.56. The van der Waals surface area contributed by atoms with Gasteiger partial charge in [-0.1, -0.05) is 24.3 Å². The van der Waals surface area contributed by atoms with Crippen molar-refractivity contribution >= 4 is 11.8 Å². The van der Waals surface area contributed by atoms with Gasteiger partial charge in [0.1, 0.15) is 5.82 Å². The van der Waals surface area contributed by atoms with Crippen molar-refractivity contribution < 1.29 is 23.0 Å². The van der Waals surface area contributed by atoms with Crippen LogP contribution in [0.4, 0.5) is 19.4 Å². The van der Waals surface area contributed by atoms with E-state index in [0.29, 0.717) is 49.1 Å². The van der Waals surface area contributed by atoms with E-state index in [1.54, 1.807) is 17.9 Å². The van der Waals surface area contributed by atoms with Crippen molar-refractivity contribution in [3.63, 3.8) is 0 Å². The first-order valence-corrected chi connectivity index (χ1v) is 11.3. The Morgan fingerprint density at radius 1 is 1.11 bits per heavy atom. The van der Waals surface area contributed by atoms with Crippen LogP contribution >= 0.6 is 0 Å². The number of hydrogen-bond acceptors (Lipinski definition) is 5. The van der Waals surface area contributed by atoms with Crippen molar-refractivity contribution in [3.8, 4) is 11.6 Å². The fraction of sp³-hybridized carbons (Fsp3) is 0.360. The van der Waals surface area contributed by atoms with E-state index >= 15 is 0 Å². The number of amides is 2. The number of anilines is 1. The van der Waals surface area contributed by atoms with Crippen LogP contribution in [0.5, 0.6) is 5.88 Å². The Kier molecular flexibility index (Phi) is 7.62. The van der Waals surface area contributed by atoms with Gasteiger partial charge in [0.25, 0.3) is 0 Å². The Labute approximate surface area is 202 Å². The number of urea groups is 1. The van der Waals surface area contributed by atoms with Gasteiger partial charge in [-0.3, -0.25) is 10.2 Å². The average Bonchev–Trinajstić information content (AvgIpc) is 3.40. The second-order valence-electron chi connectivity index (χ2n) is 8.47. The van der Waals surface area contributed by atoms with E-state index in [-0.39, 0.29) is 12.0 Å². The second-order valence-corrected chi connectivity index (χ2v) is 8.47. The molecule has 2 heterocycles. The summed E-state index contributed by atoms with van der Waals surface area (Å²) in [4.78, 5) is 15.3. The molecule has 0 saturated carbocycles. The lowest BCUT2D eigenvalue weighted by molar-refractivity contribution is 0.159. The van der Waals surface area contributed by atoms with Gasteiger partial charge in [0.15, 0.2) is 11.6 Å². The topological polar surface area (TPSA) is 80.7 Å². The lowest BCUT2D eigenvalue weighted by atomic mass is 9.94. The van der Waals surface area contributed by atoms with Crippen molar-refractivity contribution in [1.82, 2.24) is 20.0 Å². The number of likely N-dealkylation sites (tertiary alicyclic amines) is 1. The summed E-state index contributed by atoms with van der Waals surface area (Å²) in [5, 5.41) is 10.4. The molecule has 2 atom stereocenters. The highest BCUT2D eigenvalue weighted by molar-refractivity contribution is 5.90. The molecule has 10 heteroatoms. The van der Waals surface area contributed by atoms with Crippen molar-refractivity contribution in [2.75, 3.05) is 45.8 Å². The fourth-order valence-corrected chi connectivity index (χ4v) is 4.40. The van der Waals surface area contributed by atoms with Crippen molar-refractivity contribution in [1.29, 1.82) is 0 Å². The number of rotatable bonds is 8. The zero-order valence-electron chi connectivity index (χ0n) is 19.9. The molecule has 1 aliphatic rings. The van der Waals surface area contributed by atoms with Gasteiger partial charge in [-0.2, -0.15) is 0 Å². The number of hydrogen-bond donors (Lipinski definition) is 2. The number of nitrogens with zero attached hydrogens (tertiary/aromatic N) is 3. The number of carbonyl (C=O) groups excluding carboxylic acids is 1. The minimum atomic E-state index is -0.907. The van der Waals surface area contributed by atoms with E-state index in [1.807, 2.05) is 37.3 Å². The maximum atomic E-state index is 14.0. The summed E-state index contributed by atoms with van der Waals surface area (Å²) in [6.45, 7) is 4.12. The smallest absolute Gasteiger partial charge is 0.320 e. The van der Waals surface area contributed by atoms with E-state index < -0.39 is 17.7 Å². The molecule has 35 heavy (non-hydrogen) atoms. The molecular weight excluding hydrogens is 456 g/mol. The van der Waals surface area contributed by atoms with Crippen LogP contribution < -0.4 is 15.4 Å². The first-order chi connectivity index (χ1) is 16.9. The fourth-order valence-electron chi connectivity index (χ4n) is 4.40. The molecule has 2 aromatic carbocycles. The van der Waals surface area contributed by atoms with E-state index in [2.05, 4.69) is 20.6 Å². The van der Waals surface area contributed by atoms with Crippen LogP contribution in [-0.4, -0.2) is 67.2 Å². The number of methoxy groups -OCH3 is 2. The Bertz CT molecular complexity index is 1170. The standard InChI is InChI=1S/C25H29F2N5O3/c1-16-23(32(30-24(16)35-3)18-7-5-4-6-8-18)29-25(33)28-22-15-31(11-12-34-2)14-19(22)17-9-10-20(26)21(27)13-17/h4-10,13,19,22H,11-12,14-15H2,1-3H3,(H2,28,29,33). The Morgan fingerprint density at radius 3 is 2.57 bits per heavy atom. The first kappa shape index (κ1) is 24.6. The highest BCUT2D eigenvalue weighted by Crippen LogP contribution is 2.30. The van der Waals surface area contributed by atoms with Gasteiger partial charge in [0.2, 0.25) is 5.88 Å². The van der Waals surface area contributed by atoms with Crippen LogP contribution in [0.3, 0.4) is 0 Å². The summed E-state index contributed by atoms with van der Waals surface area (Å²) < 4.78 is 39.6. The summed E-state index contributed by atoms with van der Waals surface area (Å²) in [5.41, 5.74) is 2.07. The van der Waals surface area contributed by atoms with Gasteiger partial charge in [0.05, 0.1) is 31.0 Å². The maximum absolute atomic E-state index is 14.0. The number of ether oxygens (including phenoxy) is 2.